The summed E-state index contributed by atoms with van der Waals surface area (Å²) >= 11 is 0. The maximum Gasteiger partial charge on any atom is 0.160 e. The first-order valence-electron chi connectivity index (χ1n) is 19.7. The molecule has 0 bridgehead atoms. The van der Waals surface area contributed by atoms with Crippen LogP contribution in [0.4, 0.5) is 0 Å². The van der Waals surface area contributed by atoms with Crippen LogP contribution in [-0.2, 0) is 5.41 Å². The molecular formula is C55H38N2. The Morgan fingerprint density at radius 1 is 0.333 bits per heavy atom. The maximum absolute atomic E-state index is 5.34. The third kappa shape index (κ3) is 5.40. The Labute approximate surface area is 332 Å². The summed E-state index contributed by atoms with van der Waals surface area (Å²) < 4.78 is 0. The first kappa shape index (κ1) is 33.2. The van der Waals surface area contributed by atoms with Gasteiger partial charge < -0.3 is 0 Å². The number of hydrogen-bond donors (Lipinski definition) is 0. The predicted molar refractivity (Wildman–Crippen MR) is 239 cm³/mol. The molecule has 1 aromatic heterocycles. The minimum atomic E-state index is -0.0642. The smallest absolute Gasteiger partial charge is 0.160 e. The maximum atomic E-state index is 5.34. The van der Waals surface area contributed by atoms with Crippen molar-refractivity contribution in [2.24, 2.45) is 0 Å². The van der Waals surface area contributed by atoms with Crippen LogP contribution in [0.2, 0.25) is 0 Å². The van der Waals surface area contributed by atoms with Gasteiger partial charge in [0.25, 0.3) is 0 Å². The first-order valence-corrected chi connectivity index (χ1v) is 19.7. The fourth-order valence-electron chi connectivity index (χ4n) is 9.23. The van der Waals surface area contributed by atoms with Gasteiger partial charge in [-0.05, 0) is 95.0 Å². The first-order chi connectivity index (χ1) is 28.0. The monoisotopic (exact) mass is 726 g/mol. The van der Waals surface area contributed by atoms with Crippen LogP contribution in [0.25, 0.3) is 99.6 Å². The van der Waals surface area contributed by atoms with E-state index in [-0.39, 0.29) is 5.41 Å². The fourth-order valence-corrected chi connectivity index (χ4v) is 9.23. The minimum Gasteiger partial charge on any atom is -0.228 e. The van der Waals surface area contributed by atoms with Gasteiger partial charge in [-0.15, -0.1) is 0 Å². The number of aromatic nitrogens is 2. The number of hydrogen-bond acceptors (Lipinski definition) is 2. The summed E-state index contributed by atoms with van der Waals surface area (Å²) in [6.45, 7) is 4.65. The normalized spacial score (nSPS) is 12.9. The van der Waals surface area contributed by atoms with Crippen molar-refractivity contribution in [2.45, 2.75) is 19.3 Å². The molecule has 1 aliphatic rings. The molecule has 0 amide bonds. The summed E-state index contributed by atoms with van der Waals surface area (Å²) in [5.41, 5.74) is 14.9. The molecule has 2 nitrogen and oxygen atoms in total. The standard InChI is InChI=1S/C55H38N2/c1-55(2)49-23-13-12-21-44(49)48-33-40(29-31-50(48)55)51-34-52(45-22-11-10-18-41(45)35-14-4-3-5-15-35)57-54(56-51)38-26-24-37(25-27-38)53-43-20-9-7-17-39(43)32-47-42-19-8-6-16-36(42)28-30-46(47)53/h3-34H,1-2H3. The van der Waals surface area contributed by atoms with Gasteiger partial charge in [0.15, 0.2) is 5.82 Å². The van der Waals surface area contributed by atoms with Gasteiger partial charge in [0.05, 0.1) is 11.4 Å². The van der Waals surface area contributed by atoms with E-state index in [1.807, 2.05) is 0 Å². The lowest BCUT2D eigenvalue weighted by Gasteiger charge is -2.21. The molecule has 9 aromatic carbocycles. The van der Waals surface area contributed by atoms with Gasteiger partial charge in [-0.1, -0.05) is 190 Å². The average molecular weight is 727 g/mol. The summed E-state index contributed by atoms with van der Waals surface area (Å²) in [5, 5.41) is 7.51. The summed E-state index contributed by atoms with van der Waals surface area (Å²) in [6, 6.07) is 70.2. The predicted octanol–water partition coefficient (Wildman–Crippen LogP) is 14.6. The molecule has 1 heterocycles. The Morgan fingerprint density at radius 2 is 0.947 bits per heavy atom. The quantitative estimate of drug-likeness (QED) is 0.130. The highest BCUT2D eigenvalue weighted by Crippen LogP contribution is 2.49. The topological polar surface area (TPSA) is 25.8 Å². The van der Waals surface area contributed by atoms with Gasteiger partial charge in [0.2, 0.25) is 0 Å². The zero-order valence-corrected chi connectivity index (χ0v) is 31.9. The second-order valence-electron chi connectivity index (χ2n) is 15.7. The molecule has 0 spiro atoms. The zero-order valence-electron chi connectivity index (χ0n) is 31.9. The largest absolute Gasteiger partial charge is 0.228 e. The number of benzene rings is 9. The second-order valence-corrected chi connectivity index (χ2v) is 15.7. The molecule has 10 aromatic rings. The van der Waals surface area contributed by atoms with Crippen LogP contribution < -0.4 is 0 Å². The Hall–Kier alpha value is -7.16. The lowest BCUT2D eigenvalue weighted by Crippen LogP contribution is -2.14. The van der Waals surface area contributed by atoms with Crippen molar-refractivity contribution in [1.82, 2.24) is 9.97 Å². The van der Waals surface area contributed by atoms with Crippen LogP contribution in [0.1, 0.15) is 25.0 Å². The number of rotatable bonds is 5. The Balaban J connectivity index is 1.09. The number of nitrogens with zero attached hydrogens (tertiary/aromatic N) is 2. The molecule has 0 fully saturated rings. The van der Waals surface area contributed by atoms with E-state index in [2.05, 4.69) is 208 Å². The van der Waals surface area contributed by atoms with Crippen LogP contribution >= 0.6 is 0 Å². The summed E-state index contributed by atoms with van der Waals surface area (Å²) in [5.74, 6) is 0.701. The molecule has 0 unspecified atom stereocenters. The van der Waals surface area contributed by atoms with Crippen LogP contribution in [0, 0.1) is 0 Å². The summed E-state index contributed by atoms with van der Waals surface area (Å²) in [6.07, 6.45) is 0. The van der Waals surface area contributed by atoms with Gasteiger partial charge in [-0.2, -0.15) is 0 Å². The van der Waals surface area contributed by atoms with E-state index < -0.39 is 0 Å². The molecule has 2 heteroatoms. The van der Waals surface area contributed by atoms with E-state index in [9.17, 15) is 0 Å². The molecule has 1 aliphatic carbocycles. The van der Waals surface area contributed by atoms with Crippen molar-refractivity contribution in [1.29, 1.82) is 0 Å². The Bertz CT molecular complexity index is 3190. The van der Waals surface area contributed by atoms with E-state index in [0.717, 1.165) is 39.2 Å². The van der Waals surface area contributed by atoms with Gasteiger partial charge in [-0.25, -0.2) is 9.97 Å². The van der Waals surface area contributed by atoms with Crippen molar-refractivity contribution < 1.29 is 0 Å². The van der Waals surface area contributed by atoms with Crippen LogP contribution in [0.3, 0.4) is 0 Å². The second kappa shape index (κ2) is 13.0. The van der Waals surface area contributed by atoms with E-state index in [1.165, 1.54) is 65.7 Å². The van der Waals surface area contributed by atoms with Crippen molar-refractivity contribution in [3.8, 4) is 67.3 Å². The minimum absolute atomic E-state index is 0.0642. The highest BCUT2D eigenvalue weighted by Gasteiger charge is 2.35. The van der Waals surface area contributed by atoms with E-state index >= 15 is 0 Å². The van der Waals surface area contributed by atoms with Crippen molar-refractivity contribution in [3.05, 3.63) is 205 Å². The van der Waals surface area contributed by atoms with E-state index in [0.29, 0.717) is 5.82 Å². The lowest BCUT2D eigenvalue weighted by molar-refractivity contribution is 0.660. The average Bonchev–Trinajstić information content (AvgIpc) is 3.51. The molecule has 0 atom stereocenters. The fraction of sp³-hybridized carbons (Fsp3) is 0.0545. The van der Waals surface area contributed by atoms with Crippen LogP contribution in [0.15, 0.2) is 194 Å². The van der Waals surface area contributed by atoms with Gasteiger partial charge in [0.1, 0.15) is 0 Å². The molecule has 0 saturated heterocycles. The molecule has 0 N–H and O–H groups in total. The molecular weight excluding hydrogens is 689 g/mol. The van der Waals surface area contributed by atoms with Crippen molar-refractivity contribution >= 4 is 32.3 Å². The lowest BCUT2D eigenvalue weighted by atomic mass is 9.82. The van der Waals surface area contributed by atoms with Gasteiger partial charge in [0, 0.05) is 22.1 Å². The molecule has 57 heavy (non-hydrogen) atoms. The Morgan fingerprint density at radius 3 is 1.77 bits per heavy atom. The van der Waals surface area contributed by atoms with Crippen LogP contribution in [0.5, 0.6) is 0 Å². The summed E-state index contributed by atoms with van der Waals surface area (Å²) in [4.78, 5) is 10.7. The van der Waals surface area contributed by atoms with E-state index in [4.69, 9.17) is 9.97 Å². The Kier molecular flexibility index (Phi) is 7.55. The third-order valence-electron chi connectivity index (χ3n) is 12.1. The molecule has 11 rings (SSSR count). The van der Waals surface area contributed by atoms with Crippen molar-refractivity contribution in [2.75, 3.05) is 0 Å². The highest BCUT2D eigenvalue weighted by atomic mass is 14.9. The zero-order chi connectivity index (χ0) is 38.1. The van der Waals surface area contributed by atoms with Crippen molar-refractivity contribution in [3.63, 3.8) is 0 Å². The molecule has 0 aliphatic heterocycles. The van der Waals surface area contributed by atoms with E-state index in [1.54, 1.807) is 0 Å². The van der Waals surface area contributed by atoms with Gasteiger partial charge in [-0.3, -0.25) is 0 Å². The van der Waals surface area contributed by atoms with Gasteiger partial charge >= 0.3 is 0 Å². The molecule has 268 valence electrons. The molecule has 0 saturated carbocycles. The third-order valence-corrected chi connectivity index (χ3v) is 12.1. The SMILES string of the molecule is CC1(C)c2ccccc2-c2cc(-c3cc(-c4ccccc4-c4ccccc4)nc(-c4ccc(-c5c6ccccc6cc6c5ccc5ccccc56)cc4)n3)ccc21. The molecule has 0 radical (unpaired) electrons. The van der Waals surface area contributed by atoms with Crippen LogP contribution in [-0.4, -0.2) is 9.97 Å². The highest BCUT2D eigenvalue weighted by molar-refractivity contribution is 6.20. The number of fused-ring (bicyclic) bond motifs is 7. The summed E-state index contributed by atoms with van der Waals surface area (Å²) in [7, 11) is 0.